The molecule has 3 aromatic carbocycles. The summed E-state index contributed by atoms with van der Waals surface area (Å²) in [6.45, 7) is 7.12. The van der Waals surface area contributed by atoms with E-state index < -0.39 is 28.5 Å². The van der Waals surface area contributed by atoms with Gasteiger partial charge in [0.15, 0.2) is 0 Å². The first-order valence-electron chi connectivity index (χ1n) is 14.6. The largest absolute Gasteiger partial charge is 0.352 e. The SMILES string of the molecule is Cc1ccc(S(=O)(=O)N(CC(=O)N(Cc2ccc(Cl)cc2Cl)[C@@H](C)C(=O)NC2CCCC2)c2ccc(C(C)C)cc2)cc1. The van der Waals surface area contributed by atoms with Gasteiger partial charge < -0.3 is 10.2 Å². The van der Waals surface area contributed by atoms with Gasteiger partial charge in [0, 0.05) is 22.6 Å². The molecule has 4 rings (SSSR count). The summed E-state index contributed by atoms with van der Waals surface area (Å²) in [5.74, 6) is -0.583. The fraction of sp³-hybridized carbons (Fsp3) is 0.394. The van der Waals surface area contributed by atoms with Crippen LogP contribution < -0.4 is 9.62 Å². The maximum atomic E-state index is 14.2. The molecule has 10 heteroatoms. The third-order valence-corrected chi connectivity index (χ3v) is 10.3. The van der Waals surface area contributed by atoms with E-state index in [-0.39, 0.29) is 29.3 Å². The fourth-order valence-corrected chi connectivity index (χ4v) is 7.08. The fourth-order valence-electron chi connectivity index (χ4n) is 5.20. The molecule has 1 aliphatic rings. The third kappa shape index (κ3) is 8.11. The molecule has 1 aliphatic carbocycles. The summed E-state index contributed by atoms with van der Waals surface area (Å²) in [5, 5.41) is 3.86. The highest BCUT2D eigenvalue weighted by Gasteiger charge is 2.33. The van der Waals surface area contributed by atoms with E-state index in [4.69, 9.17) is 23.2 Å². The van der Waals surface area contributed by atoms with Crippen LogP contribution in [-0.2, 0) is 26.2 Å². The van der Waals surface area contributed by atoms with Crippen molar-refractivity contribution >= 4 is 50.7 Å². The molecular weight excluding hydrogens is 605 g/mol. The van der Waals surface area contributed by atoms with E-state index in [1.54, 1.807) is 49.4 Å². The quantitative estimate of drug-likeness (QED) is 0.241. The van der Waals surface area contributed by atoms with E-state index in [1.807, 2.05) is 19.1 Å². The number of hydrogen-bond donors (Lipinski definition) is 1. The zero-order valence-electron chi connectivity index (χ0n) is 25.0. The van der Waals surface area contributed by atoms with Crippen LogP contribution in [-0.4, -0.2) is 43.8 Å². The van der Waals surface area contributed by atoms with E-state index >= 15 is 0 Å². The lowest BCUT2D eigenvalue weighted by atomic mass is 10.0. The van der Waals surface area contributed by atoms with Gasteiger partial charge in [-0.2, -0.15) is 0 Å². The van der Waals surface area contributed by atoms with Crippen molar-refractivity contribution in [2.75, 3.05) is 10.8 Å². The molecule has 3 aromatic rings. The number of sulfonamides is 1. The number of aryl methyl sites for hydroxylation is 1. The molecule has 7 nitrogen and oxygen atoms in total. The lowest BCUT2D eigenvalue weighted by Crippen LogP contribution is -2.52. The third-order valence-electron chi connectivity index (χ3n) is 7.96. The van der Waals surface area contributed by atoms with Crippen molar-refractivity contribution in [2.45, 2.75) is 82.8 Å². The van der Waals surface area contributed by atoms with Gasteiger partial charge in [0.2, 0.25) is 11.8 Å². The number of hydrogen-bond acceptors (Lipinski definition) is 4. The summed E-state index contributed by atoms with van der Waals surface area (Å²) in [6.07, 6.45) is 3.88. The van der Waals surface area contributed by atoms with Crippen LogP contribution in [0, 0.1) is 6.92 Å². The van der Waals surface area contributed by atoms with Crippen LogP contribution >= 0.6 is 23.2 Å². The molecule has 1 atom stereocenters. The molecule has 0 unspecified atom stereocenters. The van der Waals surface area contributed by atoms with E-state index in [1.165, 1.54) is 17.0 Å². The normalized spacial score (nSPS) is 14.5. The smallest absolute Gasteiger partial charge is 0.264 e. The van der Waals surface area contributed by atoms with Gasteiger partial charge >= 0.3 is 0 Å². The van der Waals surface area contributed by atoms with Crippen LogP contribution in [0.25, 0.3) is 0 Å². The van der Waals surface area contributed by atoms with Crippen molar-refractivity contribution in [1.82, 2.24) is 10.2 Å². The predicted molar refractivity (Wildman–Crippen MR) is 173 cm³/mol. The van der Waals surface area contributed by atoms with Gasteiger partial charge in [0.25, 0.3) is 10.0 Å². The second kappa shape index (κ2) is 14.1. The number of carbonyl (C=O) groups excluding carboxylic acids is 2. The number of rotatable bonds is 11. The summed E-state index contributed by atoms with van der Waals surface area (Å²) in [7, 11) is -4.14. The Morgan fingerprint density at radius 3 is 2.14 bits per heavy atom. The molecule has 230 valence electrons. The summed E-state index contributed by atoms with van der Waals surface area (Å²) in [6, 6.07) is 17.8. The predicted octanol–water partition coefficient (Wildman–Crippen LogP) is 7.10. The van der Waals surface area contributed by atoms with E-state index in [0.717, 1.165) is 41.1 Å². The Balaban J connectivity index is 1.71. The standard InChI is InChI=1S/C33H39Cl2N3O4S/c1-22(2)25-12-15-29(16-13-25)38(43(41,42)30-17-9-23(3)10-18-30)21-32(39)37(20-26-11-14-27(34)19-31(26)35)24(4)33(40)36-28-7-5-6-8-28/h9-19,22,24,28H,5-8,20-21H2,1-4H3,(H,36,40)/t24-/m0/s1. The minimum Gasteiger partial charge on any atom is -0.352 e. The number of benzene rings is 3. The average Bonchev–Trinajstić information content (AvgIpc) is 3.48. The summed E-state index contributed by atoms with van der Waals surface area (Å²) < 4.78 is 29.2. The number of anilines is 1. The number of carbonyl (C=O) groups is 2. The Morgan fingerprint density at radius 1 is 0.930 bits per heavy atom. The van der Waals surface area contributed by atoms with Crippen LogP contribution in [0.2, 0.25) is 10.0 Å². The second-order valence-electron chi connectivity index (χ2n) is 11.5. The van der Waals surface area contributed by atoms with Crippen molar-refractivity contribution in [2.24, 2.45) is 0 Å². The molecule has 0 spiro atoms. The summed E-state index contributed by atoms with van der Waals surface area (Å²) in [5.41, 5.74) is 2.90. The summed E-state index contributed by atoms with van der Waals surface area (Å²) in [4.78, 5) is 29.0. The highest BCUT2D eigenvalue weighted by Crippen LogP contribution is 2.28. The Hall–Kier alpha value is -3.07. The number of halogens is 2. The Kier molecular flexibility index (Phi) is 10.8. The molecule has 1 fully saturated rings. The van der Waals surface area contributed by atoms with Crippen LogP contribution in [0.5, 0.6) is 0 Å². The minimum absolute atomic E-state index is 0.00119. The van der Waals surface area contributed by atoms with Crippen molar-refractivity contribution in [3.05, 3.63) is 93.5 Å². The number of nitrogens with one attached hydrogen (secondary N) is 1. The first-order chi connectivity index (χ1) is 20.4. The van der Waals surface area contributed by atoms with E-state index in [2.05, 4.69) is 19.2 Å². The molecule has 0 saturated heterocycles. The van der Waals surface area contributed by atoms with Gasteiger partial charge in [-0.3, -0.25) is 13.9 Å². The van der Waals surface area contributed by atoms with Crippen LogP contribution in [0.1, 0.15) is 69.1 Å². The van der Waals surface area contributed by atoms with E-state index in [9.17, 15) is 18.0 Å². The van der Waals surface area contributed by atoms with Crippen molar-refractivity contribution in [3.8, 4) is 0 Å². The molecule has 1 saturated carbocycles. The molecule has 0 radical (unpaired) electrons. The summed E-state index contributed by atoms with van der Waals surface area (Å²) >= 11 is 12.6. The van der Waals surface area contributed by atoms with Gasteiger partial charge in [-0.15, -0.1) is 0 Å². The Labute approximate surface area is 265 Å². The highest BCUT2D eigenvalue weighted by molar-refractivity contribution is 7.92. The van der Waals surface area contributed by atoms with Crippen LogP contribution in [0.15, 0.2) is 71.6 Å². The Bertz CT molecular complexity index is 1540. The number of amides is 2. The molecule has 2 amide bonds. The van der Waals surface area contributed by atoms with Crippen LogP contribution in [0.3, 0.4) is 0 Å². The van der Waals surface area contributed by atoms with Crippen molar-refractivity contribution < 1.29 is 18.0 Å². The van der Waals surface area contributed by atoms with Gasteiger partial charge in [-0.05, 0) is 80.1 Å². The molecule has 0 aliphatic heterocycles. The topological polar surface area (TPSA) is 86.8 Å². The maximum Gasteiger partial charge on any atom is 0.264 e. The molecule has 43 heavy (non-hydrogen) atoms. The Morgan fingerprint density at radius 2 is 1.56 bits per heavy atom. The molecule has 0 bridgehead atoms. The van der Waals surface area contributed by atoms with Crippen molar-refractivity contribution in [3.63, 3.8) is 0 Å². The highest BCUT2D eigenvalue weighted by atomic mass is 35.5. The first-order valence-corrected chi connectivity index (χ1v) is 16.8. The molecule has 0 aromatic heterocycles. The second-order valence-corrected chi connectivity index (χ2v) is 14.2. The lowest BCUT2D eigenvalue weighted by Gasteiger charge is -2.32. The monoisotopic (exact) mass is 643 g/mol. The molecule has 0 heterocycles. The zero-order valence-corrected chi connectivity index (χ0v) is 27.3. The number of nitrogens with zero attached hydrogens (tertiary/aromatic N) is 2. The van der Waals surface area contributed by atoms with Crippen LogP contribution in [0.4, 0.5) is 5.69 Å². The first kappa shape index (κ1) is 32.8. The maximum absolute atomic E-state index is 14.2. The zero-order chi connectivity index (χ0) is 31.3. The van der Waals surface area contributed by atoms with E-state index in [0.29, 0.717) is 21.3 Å². The van der Waals surface area contributed by atoms with Gasteiger partial charge in [0.1, 0.15) is 12.6 Å². The average molecular weight is 645 g/mol. The van der Waals surface area contributed by atoms with Gasteiger partial charge in [-0.25, -0.2) is 8.42 Å². The molecule has 1 N–H and O–H groups in total. The van der Waals surface area contributed by atoms with Gasteiger partial charge in [-0.1, -0.05) is 85.8 Å². The lowest BCUT2D eigenvalue weighted by molar-refractivity contribution is -0.139. The minimum atomic E-state index is -4.14. The molecular formula is C33H39Cl2N3O4S. The van der Waals surface area contributed by atoms with Crippen molar-refractivity contribution in [1.29, 1.82) is 0 Å². The van der Waals surface area contributed by atoms with Gasteiger partial charge in [0.05, 0.1) is 10.6 Å².